The summed E-state index contributed by atoms with van der Waals surface area (Å²) in [6.07, 6.45) is 0. The van der Waals surface area contributed by atoms with Crippen molar-refractivity contribution >= 4 is 26.7 Å². The molecule has 0 bridgehead atoms. The number of halogens is 1. The molecule has 0 aliphatic heterocycles. The molecule has 118 valence electrons. The van der Waals surface area contributed by atoms with Gasteiger partial charge < -0.3 is 0 Å². The lowest BCUT2D eigenvalue weighted by Crippen LogP contribution is -1.84. The zero-order valence-electron chi connectivity index (χ0n) is 13.5. The maximum atomic E-state index is 3.68. The first-order chi connectivity index (χ1) is 12.3. The smallest absolute Gasteiger partial charge is 0.0391 e. The summed E-state index contributed by atoms with van der Waals surface area (Å²) in [5.74, 6) is 6.46. The maximum absolute atomic E-state index is 3.68. The number of fused-ring (bicyclic) bond motifs is 1. The lowest BCUT2D eigenvalue weighted by atomic mass is 9.97. The number of rotatable bonds is 1. The van der Waals surface area contributed by atoms with Gasteiger partial charge in [-0.25, -0.2) is 0 Å². The Kier molecular flexibility index (Phi) is 4.37. The molecule has 4 rings (SSSR count). The molecule has 0 saturated heterocycles. The molecule has 1 heteroatoms. The van der Waals surface area contributed by atoms with Gasteiger partial charge in [0.05, 0.1) is 0 Å². The predicted octanol–water partition coefficient (Wildman–Crippen LogP) is 6.67. The summed E-state index contributed by atoms with van der Waals surface area (Å²) in [5, 5.41) is 2.52. The van der Waals surface area contributed by atoms with E-state index in [0.717, 1.165) is 15.6 Å². The van der Waals surface area contributed by atoms with Crippen molar-refractivity contribution in [3.8, 4) is 23.0 Å². The van der Waals surface area contributed by atoms with Crippen LogP contribution in [0.1, 0.15) is 11.1 Å². The van der Waals surface area contributed by atoms with Crippen molar-refractivity contribution in [3.05, 3.63) is 107 Å². The topological polar surface area (TPSA) is 0 Å². The fourth-order valence-electron chi connectivity index (χ4n) is 2.92. The van der Waals surface area contributed by atoms with E-state index >= 15 is 0 Å². The second-order valence-corrected chi connectivity index (χ2v) is 6.69. The van der Waals surface area contributed by atoms with Gasteiger partial charge in [0.1, 0.15) is 0 Å². The SMILES string of the molecule is Brc1cc(-c2cccc3ccccc23)ccc1C#Cc1ccccc1. The quantitative estimate of drug-likeness (QED) is 0.322. The average Bonchev–Trinajstić information content (AvgIpc) is 2.67. The highest BCUT2D eigenvalue weighted by atomic mass is 79.9. The highest BCUT2D eigenvalue weighted by Crippen LogP contribution is 2.31. The molecular weight excluding hydrogens is 368 g/mol. The van der Waals surface area contributed by atoms with Crippen molar-refractivity contribution < 1.29 is 0 Å². The first-order valence-electron chi connectivity index (χ1n) is 8.16. The largest absolute Gasteiger partial charge is 0.0622 e. The standard InChI is InChI=1S/C24H15Br/c25-24-17-21(23-12-6-10-19-9-4-5-11-22(19)23)16-15-20(24)14-13-18-7-2-1-3-8-18/h1-12,15-17H. The second kappa shape index (κ2) is 6.97. The Morgan fingerprint density at radius 3 is 2.24 bits per heavy atom. The van der Waals surface area contributed by atoms with Crippen molar-refractivity contribution in [2.24, 2.45) is 0 Å². The molecule has 0 N–H and O–H groups in total. The molecule has 0 radical (unpaired) electrons. The van der Waals surface area contributed by atoms with Crippen LogP contribution in [-0.2, 0) is 0 Å². The van der Waals surface area contributed by atoms with E-state index in [2.05, 4.69) is 88.4 Å². The van der Waals surface area contributed by atoms with Crippen LogP contribution in [0.3, 0.4) is 0 Å². The van der Waals surface area contributed by atoms with Crippen molar-refractivity contribution in [3.63, 3.8) is 0 Å². The van der Waals surface area contributed by atoms with E-state index in [4.69, 9.17) is 0 Å². The lowest BCUT2D eigenvalue weighted by molar-refractivity contribution is 1.57. The molecule has 4 aromatic carbocycles. The monoisotopic (exact) mass is 382 g/mol. The third-order valence-electron chi connectivity index (χ3n) is 4.19. The van der Waals surface area contributed by atoms with Crippen LogP contribution in [0, 0.1) is 11.8 Å². The minimum atomic E-state index is 0.993. The maximum Gasteiger partial charge on any atom is 0.0391 e. The van der Waals surface area contributed by atoms with Gasteiger partial charge in [-0.2, -0.15) is 0 Å². The van der Waals surface area contributed by atoms with E-state index in [1.165, 1.54) is 21.9 Å². The van der Waals surface area contributed by atoms with E-state index in [-0.39, 0.29) is 0 Å². The molecule has 0 nitrogen and oxygen atoms in total. The molecule has 0 saturated carbocycles. The van der Waals surface area contributed by atoms with Crippen LogP contribution in [-0.4, -0.2) is 0 Å². The van der Waals surface area contributed by atoms with Gasteiger partial charge in [-0.15, -0.1) is 0 Å². The Morgan fingerprint density at radius 1 is 0.640 bits per heavy atom. The molecule has 0 spiro atoms. The molecule has 0 amide bonds. The summed E-state index contributed by atoms with van der Waals surface area (Å²) >= 11 is 3.68. The first kappa shape index (κ1) is 15.7. The van der Waals surface area contributed by atoms with Crippen LogP contribution in [0.4, 0.5) is 0 Å². The molecule has 0 unspecified atom stereocenters. The first-order valence-corrected chi connectivity index (χ1v) is 8.95. The highest BCUT2D eigenvalue weighted by molar-refractivity contribution is 9.10. The molecule has 0 heterocycles. The molecule has 4 aromatic rings. The van der Waals surface area contributed by atoms with Crippen LogP contribution < -0.4 is 0 Å². The fraction of sp³-hybridized carbons (Fsp3) is 0. The van der Waals surface area contributed by atoms with Gasteiger partial charge in [0, 0.05) is 15.6 Å². The fourth-order valence-corrected chi connectivity index (χ4v) is 3.40. The van der Waals surface area contributed by atoms with Gasteiger partial charge in [0.25, 0.3) is 0 Å². The zero-order chi connectivity index (χ0) is 17.1. The molecule has 0 aliphatic rings. The summed E-state index contributed by atoms with van der Waals surface area (Å²) in [7, 11) is 0. The van der Waals surface area contributed by atoms with Crippen molar-refractivity contribution in [1.29, 1.82) is 0 Å². The predicted molar refractivity (Wildman–Crippen MR) is 110 cm³/mol. The van der Waals surface area contributed by atoms with Crippen LogP contribution in [0.5, 0.6) is 0 Å². The number of hydrogen-bond acceptors (Lipinski definition) is 0. The zero-order valence-corrected chi connectivity index (χ0v) is 15.1. The summed E-state index contributed by atoms with van der Waals surface area (Å²) in [6.45, 7) is 0. The Hall–Kier alpha value is -2.82. The number of benzene rings is 4. The molecule has 0 atom stereocenters. The minimum absolute atomic E-state index is 0.993. The van der Waals surface area contributed by atoms with Crippen molar-refractivity contribution in [2.75, 3.05) is 0 Å². The van der Waals surface area contributed by atoms with Crippen LogP contribution in [0.25, 0.3) is 21.9 Å². The van der Waals surface area contributed by atoms with Gasteiger partial charge in [-0.05, 0) is 62.1 Å². The summed E-state index contributed by atoms with van der Waals surface area (Å²) in [6, 6.07) is 31.3. The Bertz CT molecular complexity index is 1090. The molecule has 0 fully saturated rings. The summed E-state index contributed by atoms with van der Waals surface area (Å²) in [4.78, 5) is 0. The minimum Gasteiger partial charge on any atom is -0.0622 e. The Labute approximate surface area is 156 Å². The van der Waals surface area contributed by atoms with Crippen molar-refractivity contribution in [2.45, 2.75) is 0 Å². The van der Waals surface area contributed by atoms with E-state index in [9.17, 15) is 0 Å². The van der Waals surface area contributed by atoms with Crippen LogP contribution in [0.15, 0.2) is 95.5 Å². The van der Waals surface area contributed by atoms with Gasteiger partial charge in [-0.1, -0.05) is 78.6 Å². The summed E-state index contributed by atoms with van der Waals surface area (Å²) < 4.78 is 1.02. The highest BCUT2D eigenvalue weighted by Gasteiger charge is 2.05. The average molecular weight is 383 g/mol. The normalized spacial score (nSPS) is 10.3. The van der Waals surface area contributed by atoms with E-state index in [0.29, 0.717) is 0 Å². The van der Waals surface area contributed by atoms with Gasteiger partial charge in [-0.3, -0.25) is 0 Å². The third kappa shape index (κ3) is 3.36. The number of hydrogen-bond donors (Lipinski definition) is 0. The second-order valence-electron chi connectivity index (χ2n) is 5.84. The van der Waals surface area contributed by atoms with Crippen molar-refractivity contribution in [1.82, 2.24) is 0 Å². The van der Waals surface area contributed by atoms with E-state index < -0.39 is 0 Å². The molecular formula is C24H15Br. The summed E-state index contributed by atoms with van der Waals surface area (Å²) in [5.41, 5.74) is 4.44. The van der Waals surface area contributed by atoms with E-state index in [1.807, 2.05) is 30.3 Å². The molecule has 0 aromatic heterocycles. The van der Waals surface area contributed by atoms with Gasteiger partial charge in [0.2, 0.25) is 0 Å². The third-order valence-corrected chi connectivity index (χ3v) is 4.84. The van der Waals surface area contributed by atoms with E-state index in [1.54, 1.807) is 0 Å². The molecule has 0 aliphatic carbocycles. The van der Waals surface area contributed by atoms with Crippen LogP contribution in [0.2, 0.25) is 0 Å². The Morgan fingerprint density at radius 2 is 1.40 bits per heavy atom. The molecule has 25 heavy (non-hydrogen) atoms. The van der Waals surface area contributed by atoms with Gasteiger partial charge in [0.15, 0.2) is 0 Å². The van der Waals surface area contributed by atoms with Crippen LogP contribution >= 0.6 is 15.9 Å². The lowest BCUT2D eigenvalue weighted by Gasteiger charge is -2.08. The van der Waals surface area contributed by atoms with Gasteiger partial charge >= 0.3 is 0 Å². The Balaban J connectivity index is 1.74.